The number of halogens is 1. The molecule has 2 aromatic carbocycles. The molecule has 0 radical (unpaired) electrons. The molecule has 0 aliphatic heterocycles. The highest BCUT2D eigenvalue weighted by atomic mass is 35.5. The molecule has 0 saturated heterocycles. The van der Waals surface area contributed by atoms with Crippen LogP contribution in [0.2, 0.25) is 5.02 Å². The van der Waals surface area contributed by atoms with Crippen LogP contribution in [0.5, 0.6) is 5.75 Å². The van der Waals surface area contributed by atoms with Gasteiger partial charge in [0, 0.05) is 17.5 Å². The summed E-state index contributed by atoms with van der Waals surface area (Å²) < 4.78 is 5.11. The molecule has 0 aromatic heterocycles. The highest BCUT2D eigenvalue weighted by Crippen LogP contribution is 2.32. The Morgan fingerprint density at radius 2 is 1.85 bits per heavy atom. The van der Waals surface area contributed by atoms with Gasteiger partial charge >= 0.3 is 0 Å². The van der Waals surface area contributed by atoms with Crippen LogP contribution in [0.15, 0.2) is 48.5 Å². The molecule has 0 spiro atoms. The summed E-state index contributed by atoms with van der Waals surface area (Å²) in [5, 5.41) is 11.2. The second kappa shape index (κ2) is 6.75. The fourth-order valence-electron chi connectivity index (χ4n) is 2.22. The second-order valence-corrected chi connectivity index (χ2v) is 5.05. The molecule has 2 atom stereocenters. The fraction of sp³-hybridized carbons (Fsp3) is 0.250. The normalized spacial score (nSPS) is 13.8. The molecule has 2 unspecified atom stereocenters. The zero-order valence-electron chi connectivity index (χ0n) is 11.3. The molecule has 2 aromatic rings. The van der Waals surface area contributed by atoms with Gasteiger partial charge in [0.1, 0.15) is 5.75 Å². The molecule has 0 saturated carbocycles. The maximum Gasteiger partial charge on any atom is 0.118 e. The van der Waals surface area contributed by atoms with Gasteiger partial charge in [-0.05, 0) is 35.4 Å². The average molecular weight is 292 g/mol. The summed E-state index contributed by atoms with van der Waals surface area (Å²) in [5.74, 6) is 0.565. The van der Waals surface area contributed by atoms with E-state index in [0.717, 1.165) is 16.9 Å². The van der Waals surface area contributed by atoms with Crippen LogP contribution in [0.4, 0.5) is 0 Å². The summed E-state index contributed by atoms with van der Waals surface area (Å²) >= 11 is 6.00. The third-order valence-electron chi connectivity index (χ3n) is 3.37. The van der Waals surface area contributed by atoms with E-state index in [9.17, 15) is 5.11 Å². The Morgan fingerprint density at radius 1 is 1.15 bits per heavy atom. The molecule has 0 aliphatic carbocycles. The van der Waals surface area contributed by atoms with Crippen molar-refractivity contribution in [1.29, 1.82) is 0 Å². The SMILES string of the molecule is COc1ccc(C(O)C(CN)c2cccc(Cl)c2)cc1. The first-order valence-electron chi connectivity index (χ1n) is 6.43. The van der Waals surface area contributed by atoms with E-state index in [1.807, 2.05) is 42.5 Å². The molecule has 3 N–H and O–H groups in total. The van der Waals surface area contributed by atoms with Crippen LogP contribution in [-0.4, -0.2) is 18.8 Å². The first-order chi connectivity index (χ1) is 9.65. The molecule has 0 aliphatic rings. The summed E-state index contributed by atoms with van der Waals surface area (Å²) in [6, 6.07) is 14.8. The van der Waals surface area contributed by atoms with Gasteiger partial charge in [-0.1, -0.05) is 35.9 Å². The van der Waals surface area contributed by atoms with Gasteiger partial charge < -0.3 is 15.6 Å². The maximum atomic E-state index is 10.5. The first-order valence-corrected chi connectivity index (χ1v) is 6.81. The minimum Gasteiger partial charge on any atom is -0.497 e. The van der Waals surface area contributed by atoms with E-state index >= 15 is 0 Å². The van der Waals surface area contributed by atoms with Gasteiger partial charge in [-0.3, -0.25) is 0 Å². The Labute approximate surface area is 123 Å². The van der Waals surface area contributed by atoms with E-state index in [1.165, 1.54) is 0 Å². The van der Waals surface area contributed by atoms with Crippen LogP contribution in [0, 0.1) is 0 Å². The van der Waals surface area contributed by atoms with Crippen LogP contribution < -0.4 is 10.5 Å². The number of hydrogen-bond donors (Lipinski definition) is 2. The highest BCUT2D eigenvalue weighted by molar-refractivity contribution is 6.30. The van der Waals surface area contributed by atoms with Crippen molar-refractivity contribution in [2.75, 3.05) is 13.7 Å². The second-order valence-electron chi connectivity index (χ2n) is 4.62. The van der Waals surface area contributed by atoms with Crippen molar-refractivity contribution in [3.8, 4) is 5.75 Å². The smallest absolute Gasteiger partial charge is 0.118 e. The Hall–Kier alpha value is -1.55. The van der Waals surface area contributed by atoms with Crippen LogP contribution in [0.3, 0.4) is 0 Å². The number of methoxy groups -OCH3 is 1. The maximum absolute atomic E-state index is 10.5. The Balaban J connectivity index is 2.26. The Morgan fingerprint density at radius 3 is 2.40 bits per heavy atom. The Kier molecular flexibility index (Phi) is 5.01. The van der Waals surface area contributed by atoms with Gasteiger partial charge in [0.15, 0.2) is 0 Å². The molecule has 20 heavy (non-hydrogen) atoms. The average Bonchev–Trinajstić information content (AvgIpc) is 2.48. The lowest BCUT2D eigenvalue weighted by Gasteiger charge is -2.22. The molecule has 0 bridgehead atoms. The summed E-state index contributed by atoms with van der Waals surface area (Å²) in [6.07, 6.45) is -0.677. The number of nitrogens with two attached hydrogens (primary N) is 1. The third-order valence-corrected chi connectivity index (χ3v) is 3.60. The monoisotopic (exact) mass is 291 g/mol. The van der Waals surface area contributed by atoms with Gasteiger partial charge in [0.05, 0.1) is 13.2 Å². The lowest BCUT2D eigenvalue weighted by Crippen LogP contribution is -2.20. The van der Waals surface area contributed by atoms with E-state index in [1.54, 1.807) is 13.2 Å². The number of aliphatic hydroxyl groups excluding tert-OH is 1. The first kappa shape index (κ1) is 14.9. The van der Waals surface area contributed by atoms with Gasteiger partial charge in [-0.25, -0.2) is 0 Å². The molecule has 0 heterocycles. The third kappa shape index (κ3) is 3.31. The number of hydrogen-bond acceptors (Lipinski definition) is 3. The minimum absolute atomic E-state index is 0.193. The van der Waals surface area contributed by atoms with Crippen molar-refractivity contribution >= 4 is 11.6 Å². The number of benzene rings is 2. The van der Waals surface area contributed by atoms with Crippen LogP contribution in [-0.2, 0) is 0 Å². The standard InChI is InChI=1S/C16H18ClNO2/c1-20-14-7-5-11(6-8-14)16(19)15(10-18)12-3-2-4-13(17)9-12/h2-9,15-16,19H,10,18H2,1H3. The number of aliphatic hydroxyl groups is 1. The largest absolute Gasteiger partial charge is 0.497 e. The van der Waals surface area contributed by atoms with E-state index < -0.39 is 6.10 Å². The van der Waals surface area contributed by atoms with Gasteiger partial charge in [-0.15, -0.1) is 0 Å². The summed E-state index contributed by atoms with van der Waals surface area (Å²) in [4.78, 5) is 0. The molecule has 3 nitrogen and oxygen atoms in total. The van der Waals surface area contributed by atoms with Crippen LogP contribution in [0.1, 0.15) is 23.1 Å². The number of rotatable bonds is 5. The van der Waals surface area contributed by atoms with Crippen LogP contribution in [0.25, 0.3) is 0 Å². The van der Waals surface area contributed by atoms with Crippen molar-refractivity contribution in [2.24, 2.45) is 5.73 Å². The van der Waals surface area contributed by atoms with Crippen molar-refractivity contribution in [1.82, 2.24) is 0 Å². The summed E-state index contributed by atoms with van der Waals surface area (Å²) in [5.41, 5.74) is 7.56. The zero-order valence-corrected chi connectivity index (χ0v) is 12.0. The van der Waals surface area contributed by atoms with E-state index in [2.05, 4.69) is 0 Å². The fourth-order valence-corrected chi connectivity index (χ4v) is 2.42. The van der Waals surface area contributed by atoms with Gasteiger partial charge in [-0.2, -0.15) is 0 Å². The zero-order chi connectivity index (χ0) is 14.5. The lowest BCUT2D eigenvalue weighted by atomic mass is 9.89. The molecule has 106 valence electrons. The van der Waals surface area contributed by atoms with Crippen molar-refractivity contribution in [2.45, 2.75) is 12.0 Å². The van der Waals surface area contributed by atoms with Crippen LogP contribution >= 0.6 is 11.6 Å². The molecular weight excluding hydrogens is 274 g/mol. The van der Waals surface area contributed by atoms with E-state index in [4.69, 9.17) is 22.1 Å². The van der Waals surface area contributed by atoms with Crippen molar-refractivity contribution < 1.29 is 9.84 Å². The van der Waals surface area contributed by atoms with Gasteiger partial charge in [0.2, 0.25) is 0 Å². The summed E-state index contributed by atoms with van der Waals surface area (Å²) in [7, 11) is 1.61. The van der Waals surface area contributed by atoms with E-state index in [-0.39, 0.29) is 5.92 Å². The van der Waals surface area contributed by atoms with E-state index in [0.29, 0.717) is 11.6 Å². The Bertz CT molecular complexity index is 557. The lowest BCUT2D eigenvalue weighted by molar-refractivity contribution is 0.147. The van der Waals surface area contributed by atoms with Gasteiger partial charge in [0.25, 0.3) is 0 Å². The summed E-state index contributed by atoms with van der Waals surface area (Å²) in [6.45, 7) is 0.341. The molecule has 4 heteroatoms. The molecule has 2 rings (SSSR count). The van der Waals surface area contributed by atoms with Crippen molar-refractivity contribution in [3.05, 3.63) is 64.7 Å². The predicted molar refractivity (Wildman–Crippen MR) is 81.2 cm³/mol. The highest BCUT2D eigenvalue weighted by Gasteiger charge is 2.21. The predicted octanol–water partition coefficient (Wildman–Crippen LogP) is 3.12. The quantitative estimate of drug-likeness (QED) is 0.890. The minimum atomic E-state index is -0.677. The molecule has 0 amide bonds. The molecular formula is C16H18ClNO2. The molecule has 0 fully saturated rings. The van der Waals surface area contributed by atoms with Crippen molar-refractivity contribution in [3.63, 3.8) is 0 Å². The number of ether oxygens (including phenoxy) is 1. The topological polar surface area (TPSA) is 55.5 Å².